The number of nitrogens with zero attached hydrogens (tertiary/aromatic N) is 2. The summed E-state index contributed by atoms with van der Waals surface area (Å²) in [6, 6.07) is 7.61. The first kappa shape index (κ1) is 15.5. The molecule has 112 valence electrons. The zero-order valence-corrected chi connectivity index (χ0v) is 11.1. The van der Waals surface area contributed by atoms with Gasteiger partial charge in [0.15, 0.2) is 0 Å². The third-order valence-electron chi connectivity index (χ3n) is 2.94. The molecule has 7 heteroatoms. The van der Waals surface area contributed by atoms with Crippen molar-refractivity contribution in [3.05, 3.63) is 52.8 Å². The Hall–Kier alpha value is -2.84. The van der Waals surface area contributed by atoms with Crippen LogP contribution in [0.4, 0.5) is 13.2 Å². The van der Waals surface area contributed by atoms with E-state index in [2.05, 4.69) is 5.73 Å². The van der Waals surface area contributed by atoms with E-state index in [1.165, 1.54) is 18.2 Å². The summed E-state index contributed by atoms with van der Waals surface area (Å²) in [5, 5.41) is 8.61. The number of benzene rings is 1. The van der Waals surface area contributed by atoms with Crippen LogP contribution in [0.15, 0.2) is 41.6 Å². The molecule has 1 aromatic rings. The predicted molar refractivity (Wildman–Crippen MR) is 69.7 cm³/mol. The van der Waals surface area contributed by atoms with E-state index in [9.17, 15) is 22.8 Å². The number of imide groups is 1. The molecule has 0 bridgehead atoms. The van der Waals surface area contributed by atoms with Crippen molar-refractivity contribution in [1.82, 2.24) is 4.90 Å². The lowest BCUT2D eigenvalue weighted by molar-refractivity contribution is -0.126. The van der Waals surface area contributed by atoms with Crippen LogP contribution in [0.3, 0.4) is 0 Å². The van der Waals surface area contributed by atoms with Crippen molar-refractivity contribution in [1.29, 1.82) is 5.26 Å². The first-order chi connectivity index (χ1) is 10.3. The number of alkyl halides is 3. The van der Waals surface area contributed by atoms with Gasteiger partial charge in [0.2, 0.25) is 0 Å². The summed E-state index contributed by atoms with van der Waals surface area (Å²) < 4.78 is 36.5. The molecule has 0 unspecified atom stereocenters. The van der Waals surface area contributed by atoms with Crippen molar-refractivity contribution in [3.63, 3.8) is 0 Å². The molecule has 1 aromatic carbocycles. The van der Waals surface area contributed by atoms with Crippen LogP contribution in [-0.2, 0) is 0 Å². The number of hydrogen-bond donors (Lipinski definition) is 0. The number of rotatable bonds is 3. The number of carbonyl (C=O) groups is 2. The highest BCUT2D eigenvalue weighted by atomic mass is 19.4. The number of carbonyl (C=O) groups excluding carboxylic acids is 2. The van der Waals surface area contributed by atoms with Gasteiger partial charge in [0.1, 0.15) is 6.07 Å². The lowest BCUT2D eigenvalue weighted by atomic mass is 10.1. The number of hydrogen-bond acceptors (Lipinski definition) is 3. The Balaban J connectivity index is 2.16. The second-order valence-electron chi connectivity index (χ2n) is 4.50. The van der Waals surface area contributed by atoms with Gasteiger partial charge in [-0.25, -0.2) is 0 Å². The second kappa shape index (κ2) is 5.88. The number of amides is 2. The molecule has 2 rings (SSSR count). The van der Waals surface area contributed by atoms with Gasteiger partial charge in [-0.2, -0.15) is 18.4 Å². The van der Waals surface area contributed by atoms with Crippen molar-refractivity contribution >= 4 is 11.8 Å². The fourth-order valence-corrected chi connectivity index (χ4v) is 1.99. The average molecular weight is 306 g/mol. The third-order valence-corrected chi connectivity index (χ3v) is 2.94. The maximum absolute atomic E-state index is 12.2. The van der Waals surface area contributed by atoms with Gasteiger partial charge in [0.25, 0.3) is 11.8 Å². The molecule has 1 heterocycles. The average Bonchev–Trinajstić information content (AvgIpc) is 2.70. The molecule has 0 aromatic heterocycles. The SMILES string of the molecule is N#CC(=C=CCN1C(=O)c2ccccc2C1=O)CC(F)(F)F. The number of fused-ring (bicyclic) bond motifs is 1. The largest absolute Gasteiger partial charge is 0.394 e. The van der Waals surface area contributed by atoms with Crippen LogP contribution in [0.2, 0.25) is 0 Å². The Bertz CT molecular complexity index is 703. The molecule has 2 amide bonds. The van der Waals surface area contributed by atoms with E-state index in [1.54, 1.807) is 12.1 Å². The standard InChI is InChI=1S/C15H9F3N2O2/c16-15(17,18)8-10(9-19)4-3-7-20-13(21)11-5-1-2-6-12(11)14(20)22/h1-3,5-6H,7-8H2. The van der Waals surface area contributed by atoms with E-state index in [1.807, 2.05) is 0 Å². The minimum atomic E-state index is -4.51. The minimum absolute atomic E-state index is 0.241. The van der Waals surface area contributed by atoms with Crippen molar-refractivity contribution in [2.45, 2.75) is 12.6 Å². The summed E-state index contributed by atoms with van der Waals surface area (Å²) in [6.07, 6.45) is -4.84. The lowest BCUT2D eigenvalue weighted by Crippen LogP contribution is -2.29. The third kappa shape index (κ3) is 3.25. The van der Waals surface area contributed by atoms with Gasteiger partial charge in [-0.15, -0.1) is 5.73 Å². The molecule has 1 aliphatic rings. The predicted octanol–water partition coefficient (Wildman–Crippen LogP) is 2.84. The second-order valence-corrected chi connectivity index (χ2v) is 4.50. The van der Waals surface area contributed by atoms with Crippen LogP contribution in [0.1, 0.15) is 27.1 Å². The molecule has 0 saturated heterocycles. The molecule has 1 aliphatic heterocycles. The summed E-state index contributed by atoms with van der Waals surface area (Å²) in [7, 11) is 0. The van der Waals surface area contributed by atoms with Gasteiger partial charge in [-0.05, 0) is 18.2 Å². The molecule has 22 heavy (non-hydrogen) atoms. The van der Waals surface area contributed by atoms with Gasteiger partial charge in [-0.3, -0.25) is 14.5 Å². The molecule has 0 spiro atoms. The Labute approximate surface area is 123 Å². The summed E-state index contributed by atoms with van der Waals surface area (Å²) in [6.45, 7) is -0.241. The maximum Gasteiger partial charge on any atom is 0.394 e. The highest BCUT2D eigenvalue weighted by molar-refractivity contribution is 6.21. The number of halogens is 3. The molecule has 4 nitrogen and oxygen atoms in total. The van der Waals surface area contributed by atoms with Gasteiger partial charge < -0.3 is 0 Å². The first-order valence-corrected chi connectivity index (χ1v) is 6.19. The van der Waals surface area contributed by atoms with Gasteiger partial charge in [0.05, 0.1) is 29.7 Å². The van der Waals surface area contributed by atoms with Crippen molar-refractivity contribution < 1.29 is 22.8 Å². The normalized spacial score (nSPS) is 13.5. The van der Waals surface area contributed by atoms with E-state index in [0.717, 1.165) is 11.0 Å². The van der Waals surface area contributed by atoms with E-state index in [-0.39, 0.29) is 17.7 Å². The summed E-state index contributed by atoms with van der Waals surface area (Å²) >= 11 is 0. The highest BCUT2D eigenvalue weighted by Gasteiger charge is 2.34. The molecular weight excluding hydrogens is 297 g/mol. The van der Waals surface area contributed by atoms with Crippen LogP contribution >= 0.6 is 0 Å². The summed E-state index contributed by atoms with van der Waals surface area (Å²) in [4.78, 5) is 24.9. The zero-order valence-electron chi connectivity index (χ0n) is 11.1. The van der Waals surface area contributed by atoms with Crippen LogP contribution in [0, 0.1) is 11.3 Å². The fraction of sp³-hybridized carbons (Fsp3) is 0.200. The van der Waals surface area contributed by atoms with Crippen LogP contribution in [-0.4, -0.2) is 29.4 Å². The van der Waals surface area contributed by atoms with E-state index in [4.69, 9.17) is 5.26 Å². The monoisotopic (exact) mass is 306 g/mol. The Morgan fingerprint density at radius 2 is 1.73 bits per heavy atom. The quantitative estimate of drug-likeness (QED) is 0.490. The molecule has 0 N–H and O–H groups in total. The summed E-state index contributed by atoms with van der Waals surface area (Å²) in [5.74, 6) is -1.04. The lowest BCUT2D eigenvalue weighted by Gasteiger charge is -2.09. The van der Waals surface area contributed by atoms with Crippen molar-refractivity contribution in [2.75, 3.05) is 6.54 Å². The van der Waals surface area contributed by atoms with Crippen LogP contribution in [0.25, 0.3) is 0 Å². The minimum Gasteiger partial charge on any atom is -0.270 e. The van der Waals surface area contributed by atoms with Gasteiger partial charge >= 0.3 is 6.18 Å². The molecule has 0 radical (unpaired) electrons. The van der Waals surface area contributed by atoms with E-state index < -0.39 is 30.0 Å². The number of nitriles is 1. The summed E-state index contributed by atoms with van der Waals surface area (Å²) in [5.41, 5.74) is 2.08. The Kier molecular flexibility index (Phi) is 4.15. The van der Waals surface area contributed by atoms with Crippen LogP contribution < -0.4 is 0 Å². The van der Waals surface area contributed by atoms with Crippen molar-refractivity contribution in [3.8, 4) is 6.07 Å². The first-order valence-electron chi connectivity index (χ1n) is 6.19. The van der Waals surface area contributed by atoms with Gasteiger partial charge in [0, 0.05) is 0 Å². The highest BCUT2D eigenvalue weighted by Crippen LogP contribution is 2.24. The maximum atomic E-state index is 12.2. The van der Waals surface area contributed by atoms with E-state index >= 15 is 0 Å². The molecule has 0 fully saturated rings. The van der Waals surface area contributed by atoms with E-state index in [0.29, 0.717) is 0 Å². The molecular formula is C15H9F3N2O2. The fourth-order valence-electron chi connectivity index (χ4n) is 1.99. The Morgan fingerprint density at radius 1 is 1.18 bits per heavy atom. The zero-order chi connectivity index (χ0) is 16.3. The Morgan fingerprint density at radius 3 is 2.18 bits per heavy atom. The van der Waals surface area contributed by atoms with Crippen molar-refractivity contribution in [2.24, 2.45) is 0 Å². The van der Waals surface area contributed by atoms with Gasteiger partial charge in [-0.1, -0.05) is 12.1 Å². The molecule has 0 atom stereocenters. The topological polar surface area (TPSA) is 61.2 Å². The molecule has 0 saturated carbocycles. The van der Waals surface area contributed by atoms with Crippen LogP contribution in [0.5, 0.6) is 0 Å². The smallest absolute Gasteiger partial charge is 0.270 e. The molecule has 0 aliphatic carbocycles.